The fraction of sp³-hybridized carbons (Fsp3) is 0.900. The Bertz CT molecular complexity index is 550. The van der Waals surface area contributed by atoms with Crippen molar-refractivity contribution in [2.75, 3.05) is 32.9 Å². The van der Waals surface area contributed by atoms with Gasteiger partial charge < -0.3 is 15.5 Å². The molecular formula is C20H39IN4O2S. The van der Waals surface area contributed by atoms with Gasteiger partial charge in [0.05, 0.1) is 12.0 Å². The lowest BCUT2D eigenvalue weighted by Gasteiger charge is -2.31. The summed E-state index contributed by atoms with van der Waals surface area (Å²) in [5, 5.41) is 7.18. The number of rotatable bonds is 7. The van der Waals surface area contributed by atoms with E-state index in [-0.39, 0.29) is 35.3 Å². The first-order valence-corrected chi connectivity index (χ1v) is 11.9. The highest BCUT2D eigenvalue weighted by atomic mass is 127. The van der Waals surface area contributed by atoms with E-state index in [1.807, 2.05) is 21.0 Å². The van der Waals surface area contributed by atoms with Crippen LogP contribution in [0.25, 0.3) is 0 Å². The van der Waals surface area contributed by atoms with E-state index in [2.05, 4.69) is 17.6 Å². The van der Waals surface area contributed by atoms with Gasteiger partial charge in [-0.25, -0.2) is 0 Å². The maximum absolute atomic E-state index is 12.8. The minimum Gasteiger partial charge on any atom is -0.357 e. The van der Waals surface area contributed by atoms with Gasteiger partial charge in [0.25, 0.3) is 0 Å². The van der Waals surface area contributed by atoms with Crippen molar-refractivity contribution in [2.45, 2.75) is 76.5 Å². The molecule has 2 fully saturated rings. The largest absolute Gasteiger partial charge is 0.357 e. The standard InChI is InChI=1S/C20H38N4O2S.HI/c1-5-21-19(23-16-10-9-11-17(14-16)27(26)6-2)22-15-20(12-7-8-13-20)18(25)24(3)4;/h16-17H,5-15H2,1-4H3,(H2,21,22,23);1H. The Kier molecular flexibility index (Phi) is 11.3. The zero-order valence-corrected chi connectivity index (χ0v) is 21.1. The number of nitrogens with zero attached hydrogens (tertiary/aromatic N) is 2. The Hall–Kier alpha value is -0.380. The molecule has 1 amide bonds. The van der Waals surface area contributed by atoms with Crippen LogP contribution in [0.15, 0.2) is 4.99 Å². The van der Waals surface area contributed by atoms with Gasteiger partial charge in [-0.05, 0) is 39.0 Å². The first-order valence-electron chi connectivity index (χ1n) is 10.6. The Morgan fingerprint density at radius 1 is 1.18 bits per heavy atom. The summed E-state index contributed by atoms with van der Waals surface area (Å²) in [4.78, 5) is 19.3. The van der Waals surface area contributed by atoms with Gasteiger partial charge in [0.2, 0.25) is 5.91 Å². The van der Waals surface area contributed by atoms with Gasteiger partial charge >= 0.3 is 0 Å². The highest BCUT2D eigenvalue weighted by Gasteiger charge is 2.42. The average Bonchev–Trinajstić information content (AvgIpc) is 3.15. The second-order valence-electron chi connectivity index (χ2n) is 8.18. The summed E-state index contributed by atoms with van der Waals surface area (Å²) in [6.45, 7) is 5.39. The molecular weight excluding hydrogens is 487 g/mol. The van der Waals surface area contributed by atoms with Crippen molar-refractivity contribution in [3.05, 3.63) is 0 Å². The van der Waals surface area contributed by atoms with Crippen LogP contribution >= 0.6 is 24.0 Å². The molecule has 2 rings (SSSR count). The molecule has 0 aromatic carbocycles. The third-order valence-corrected chi connectivity index (χ3v) is 7.67. The molecule has 2 aliphatic rings. The van der Waals surface area contributed by atoms with Crippen LogP contribution in [0.1, 0.15) is 65.2 Å². The Morgan fingerprint density at radius 3 is 2.43 bits per heavy atom. The molecule has 0 spiro atoms. The number of guanidine groups is 1. The summed E-state index contributed by atoms with van der Waals surface area (Å²) >= 11 is 0. The summed E-state index contributed by atoms with van der Waals surface area (Å²) in [5.41, 5.74) is -0.343. The van der Waals surface area contributed by atoms with E-state index in [4.69, 9.17) is 4.99 Å². The molecule has 3 atom stereocenters. The van der Waals surface area contributed by atoms with Crippen molar-refractivity contribution in [1.29, 1.82) is 0 Å². The monoisotopic (exact) mass is 526 g/mol. The predicted octanol–water partition coefficient (Wildman–Crippen LogP) is 2.89. The second kappa shape index (κ2) is 12.3. The normalized spacial score (nSPS) is 25.5. The molecule has 0 radical (unpaired) electrons. The molecule has 2 saturated carbocycles. The molecule has 2 N–H and O–H groups in total. The Balaban J connectivity index is 0.00000392. The van der Waals surface area contributed by atoms with Crippen LogP contribution in [-0.4, -0.2) is 65.2 Å². The molecule has 2 aliphatic carbocycles. The van der Waals surface area contributed by atoms with Crippen LogP contribution in [0, 0.1) is 5.41 Å². The third kappa shape index (κ3) is 6.85. The molecule has 8 heteroatoms. The molecule has 0 bridgehead atoms. The number of amides is 1. The van der Waals surface area contributed by atoms with Gasteiger partial charge in [0, 0.05) is 48.5 Å². The van der Waals surface area contributed by atoms with E-state index < -0.39 is 10.8 Å². The van der Waals surface area contributed by atoms with Crippen molar-refractivity contribution in [2.24, 2.45) is 10.4 Å². The maximum Gasteiger partial charge on any atom is 0.230 e. The molecule has 0 aromatic rings. The minimum absolute atomic E-state index is 0. The van der Waals surface area contributed by atoms with Gasteiger partial charge in [-0.3, -0.25) is 14.0 Å². The summed E-state index contributed by atoms with van der Waals surface area (Å²) < 4.78 is 12.2. The molecule has 0 aliphatic heterocycles. The Morgan fingerprint density at radius 2 is 1.86 bits per heavy atom. The zero-order valence-electron chi connectivity index (χ0n) is 18.0. The van der Waals surface area contributed by atoms with Crippen molar-refractivity contribution < 1.29 is 9.00 Å². The summed E-state index contributed by atoms with van der Waals surface area (Å²) in [6, 6.07) is 0.307. The second-order valence-corrected chi connectivity index (χ2v) is 10.2. The van der Waals surface area contributed by atoms with Gasteiger partial charge in [0.1, 0.15) is 0 Å². The number of halogens is 1. The van der Waals surface area contributed by atoms with Crippen LogP contribution in [0.2, 0.25) is 0 Å². The summed E-state index contributed by atoms with van der Waals surface area (Å²) in [7, 11) is 2.95. The number of hydrogen-bond acceptors (Lipinski definition) is 3. The van der Waals surface area contributed by atoms with Crippen molar-refractivity contribution in [1.82, 2.24) is 15.5 Å². The molecule has 164 valence electrons. The predicted molar refractivity (Wildman–Crippen MR) is 129 cm³/mol. The first kappa shape index (κ1) is 25.7. The molecule has 28 heavy (non-hydrogen) atoms. The van der Waals surface area contributed by atoms with Crippen LogP contribution in [0.3, 0.4) is 0 Å². The average molecular weight is 527 g/mol. The van der Waals surface area contributed by atoms with E-state index >= 15 is 0 Å². The topological polar surface area (TPSA) is 73.8 Å². The lowest BCUT2D eigenvalue weighted by molar-refractivity contribution is -0.138. The number of carbonyl (C=O) groups excluding carboxylic acids is 1. The van der Waals surface area contributed by atoms with E-state index in [0.717, 1.165) is 69.6 Å². The molecule has 3 unspecified atom stereocenters. The van der Waals surface area contributed by atoms with Gasteiger partial charge in [0.15, 0.2) is 5.96 Å². The molecule has 0 saturated heterocycles. The van der Waals surface area contributed by atoms with Crippen LogP contribution in [0.4, 0.5) is 0 Å². The fourth-order valence-electron chi connectivity index (χ4n) is 4.46. The highest BCUT2D eigenvalue weighted by molar-refractivity contribution is 14.0. The summed E-state index contributed by atoms with van der Waals surface area (Å²) in [6.07, 6.45) is 8.25. The van der Waals surface area contributed by atoms with Gasteiger partial charge in [-0.1, -0.05) is 26.2 Å². The van der Waals surface area contributed by atoms with Crippen molar-refractivity contribution in [3.8, 4) is 0 Å². The zero-order chi connectivity index (χ0) is 19.9. The molecule has 0 aromatic heterocycles. The smallest absolute Gasteiger partial charge is 0.230 e. The lowest BCUT2D eigenvalue weighted by atomic mass is 9.85. The quantitative estimate of drug-likeness (QED) is 0.304. The number of aliphatic imine (C=N–C) groups is 1. The van der Waals surface area contributed by atoms with Crippen molar-refractivity contribution >= 4 is 46.6 Å². The van der Waals surface area contributed by atoms with Crippen molar-refractivity contribution in [3.63, 3.8) is 0 Å². The minimum atomic E-state index is -0.727. The van der Waals surface area contributed by atoms with Crippen LogP contribution in [0.5, 0.6) is 0 Å². The third-order valence-electron chi connectivity index (χ3n) is 5.93. The molecule has 6 nitrogen and oxygen atoms in total. The SMILES string of the molecule is CCNC(=NCC1(C(=O)N(C)C)CCCC1)NC1CCCC(S(=O)CC)C1.I. The first-order chi connectivity index (χ1) is 12.9. The Labute approximate surface area is 190 Å². The van der Waals surface area contributed by atoms with E-state index in [1.54, 1.807) is 4.90 Å². The fourth-order valence-corrected chi connectivity index (χ4v) is 5.81. The van der Waals surface area contributed by atoms with Crippen LogP contribution < -0.4 is 10.6 Å². The number of hydrogen-bond donors (Lipinski definition) is 2. The van der Waals surface area contributed by atoms with Crippen LogP contribution in [-0.2, 0) is 15.6 Å². The van der Waals surface area contributed by atoms with E-state index in [1.165, 1.54) is 0 Å². The van der Waals surface area contributed by atoms with Gasteiger partial charge in [-0.15, -0.1) is 24.0 Å². The summed E-state index contributed by atoms with van der Waals surface area (Å²) in [5.74, 6) is 1.74. The van der Waals surface area contributed by atoms with E-state index in [9.17, 15) is 9.00 Å². The van der Waals surface area contributed by atoms with E-state index in [0.29, 0.717) is 17.8 Å². The molecule has 0 heterocycles. The van der Waals surface area contributed by atoms with Gasteiger partial charge in [-0.2, -0.15) is 0 Å². The number of carbonyl (C=O) groups is 1. The highest BCUT2D eigenvalue weighted by Crippen LogP contribution is 2.39. The number of nitrogens with one attached hydrogen (secondary N) is 2. The lowest BCUT2D eigenvalue weighted by Crippen LogP contribution is -2.47. The maximum atomic E-state index is 12.8.